The van der Waals surface area contributed by atoms with Gasteiger partial charge in [-0.2, -0.15) is 10.1 Å². The van der Waals surface area contributed by atoms with Crippen molar-refractivity contribution >= 4 is 34.8 Å². The minimum Gasteiger partial charge on any atom is -0.326 e. The van der Waals surface area contributed by atoms with E-state index in [4.69, 9.17) is 11.6 Å². The molecule has 4 rings (SSSR count). The fourth-order valence-corrected chi connectivity index (χ4v) is 3.09. The molecule has 1 aliphatic rings. The number of hydrogen-bond acceptors (Lipinski definition) is 4. The normalized spacial score (nSPS) is 15.6. The van der Waals surface area contributed by atoms with E-state index in [0.29, 0.717) is 11.0 Å². The van der Waals surface area contributed by atoms with Crippen molar-refractivity contribution in [2.75, 3.05) is 10.6 Å². The molecule has 1 aromatic heterocycles. The van der Waals surface area contributed by atoms with E-state index in [0.717, 1.165) is 22.5 Å². The van der Waals surface area contributed by atoms with Crippen LogP contribution in [0.15, 0.2) is 60.9 Å². The molecule has 1 aliphatic heterocycles. The minimum absolute atomic E-state index is 0.105. The van der Waals surface area contributed by atoms with Gasteiger partial charge in [0.05, 0.1) is 0 Å². The lowest BCUT2D eigenvalue weighted by Crippen LogP contribution is -2.20. The van der Waals surface area contributed by atoms with Crippen LogP contribution in [0.5, 0.6) is 0 Å². The molecule has 0 saturated heterocycles. The van der Waals surface area contributed by atoms with Crippen LogP contribution in [0.2, 0.25) is 5.02 Å². The molecular weight excluding hydrogens is 350 g/mol. The number of benzene rings is 2. The van der Waals surface area contributed by atoms with Gasteiger partial charge in [0.1, 0.15) is 12.4 Å². The number of aromatic nitrogens is 3. The number of anilines is 2. The van der Waals surface area contributed by atoms with Gasteiger partial charge < -0.3 is 10.6 Å². The molecule has 0 fully saturated rings. The van der Waals surface area contributed by atoms with Crippen LogP contribution in [0.25, 0.3) is 5.70 Å². The number of hydrogen-bond donors (Lipinski definition) is 2. The maximum atomic E-state index is 11.3. The molecule has 0 aliphatic carbocycles. The summed E-state index contributed by atoms with van der Waals surface area (Å²) in [6, 6.07) is 15.2. The molecule has 0 spiro atoms. The van der Waals surface area contributed by atoms with Crippen LogP contribution in [-0.4, -0.2) is 20.7 Å². The van der Waals surface area contributed by atoms with E-state index in [1.54, 1.807) is 0 Å². The summed E-state index contributed by atoms with van der Waals surface area (Å²) in [5, 5.41) is 11.1. The van der Waals surface area contributed by atoms with Gasteiger partial charge in [-0.25, -0.2) is 4.68 Å². The maximum Gasteiger partial charge on any atom is 0.226 e. The van der Waals surface area contributed by atoms with E-state index in [-0.39, 0.29) is 11.9 Å². The van der Waals surface area contributed by atoms with Gasteiger partial charge in [-0.1, -0.05) is 35.9 Å². The van der Waals surface area contributed by atoms with Crippen LogP contribution in [0.3, 0.4) is 0 Å². The predicted molar refractivity (Wildman–Crippen MR) is 102 cm³/mol. The van der Waals surface area contributed by atoms with Crippen molar-refractivity contribution in [1.82, 2.24) is 14.8 Å². The fourth-order valence-electron chi connectivity index (χ4n) is 2.97. The van der Waals surface area contributed by atoms with Crippen LogP contribution < -0.4 is 10.6 Å². The molecule has 0 bridgehead atoms. The molecule has 130 valence electrons. The molecule has 7 heteroatoms. The number of carbonyl (C=O) groups excluding carboxylic acids is 1. The average Bonchev–Trinajstić information content (AvgIpc) is 3.10. The first-order valence-electron chi connectivity index (χ1n) is 8.12. The standard InChI is InChI=1S/C19H16ClN5O/c1-12(26)23-16-4-2-3-14(9-16)17-10-18(13-5-7-15(20)8-6-13)25-19(24-17)21-11-22-25/h2-11,18H,1H3,(H,23,26)(H,21,22,24)/t18-/m0/s1. The van der Waals surface area contributed by atoms with Crippen molar-refractivity contribution in [3.05, 3.63) is 77.1 Å². The fraction of sp³-hybridized carbons (Fsp3) is 0.105. The van der Waals surface area contributed by atoms with Gasteiger partial charge in [0.25, 0.3) is 0 Å². The zero-order chi connectivity index (χ0) is 18.1. The highest BCUT2D eigenvalue weighted by Crippen LogP contribution is 2.32. The van der Waals surface area contributed by atoms with E-state index < -0.39 is 0 Å². The Morgan fingerprint density at radius 2 is 2.04 bits per heavy atom. The van der Waals surface area contributed by atoms with Crippen LogP contribution >= 0.6 is 11.6 Å². The molecule has 2 aromatic carbocycles. The Balaban J connectivity index is 1.75. The summed E-state index contributed by atoms with van der Waals surface area (Å²) >= 11 is 6.02. The lowest BCUT2D eigenvalue weighted by atomic mass is 10.0. The van der Waals surface area contributed by atoms with Gasteiger partial charge in [-0.05, 0) is 41.5 Å². The topological polar surface area (TPSA) is 71.8 Å². The number of amides is 1. The van der Waals surface area contributed by atoms with Crippen LogP contribution in [-0.2, 0) is 4.79 Å². The van der Waals surface area contributed by atoms with Crippen molar-refractivity contribution in [3.8, 4) is 0 Å². The Morgan fingerprint density at radius 3 is 2.81 bits per heavy atom. The summed E-state index contributed by atoms with van der Waals surface area (Å²) < 4.78 is 1.82. The maximum absolute atomic E-state index is 11.3. The first-order valence-corrected chi connectivity index (χ1v) is 8.50. The number of nitrogens with one attached hydrogen (secondary N) is 2. The van der Waals surface area contributed by atoms with Gasteiger partial charge in [-0.3, -0.25) is 4.79 Å². The van der Waals surface area contributed by atoms with Crippen LogP contribution in [0, 0.1) is 0 Å². The molecule has 0 saturated carbocycles. The van der Waals surface area contributed by atoms with E-state index >= 15 is 0 Å². The van der Waals surface area contributed by atoms with Crippen LogP contribution in [0.1, 0.15) is 24.1 Å². The predicted octanol–water partition coefficient (Wildman–Crippen LogP) is 3.95. The molecule has 26 heavy (non-hydrogen) atoms. The van der Waals surface area contributed by atoms with Gasteiger partial charge in [0.2, 0.25) is 11.9 Å². The first-order chi connectivity index (χ1) is 12.6. The zero-order valence-electron chi connectivity index (χ0n) is 14.0. The largest absolute Gasteiger partial charge is 0.326 e. The zero-order valence-corrected chi connectivity index (χ0v) is 14.7. The number of nitrogens with zero attached hydrogens (tertiary/aromatic N) is 3. The van der Waals surface area contributed by atoms with Crippen molar-refractivity contribution in [1.29, 1.82) is 0 Å². The third-order valence-corrected chi connectivity index (χ3v) is 4.37. The van der Waals surface area contributed by atoms with Crippen LogP contribution in [0.4, 0.5) is 11.6 Å². The van der Waals surface area contributed by atoms with E-state index in [1.807, 2.05) is 53.2 Å². The molecule has 2 heterocycles. The summed E-state index contributed by atoms with van der Waals surface area (Å²) in [6.07, 6.45) is 3.60. The smallest absolute Gasteiger partial charge is 0.226 e. The summed E-state index contributed by atoms with van der Waals surface area (Å²) in [7, 11) is 0. The number of rotatable bonds is 3. The Labute approximate surface area is 155 Å². The second kappa shape index (κ2) is 6.65. The monoisotopic (exact) mass is 365 g/mol. The lowest BCUT2D eigenvalue weighted by molar-refractivity contribution is -0.114. The van der Waals surface area contributed by atoms with Gasteiger partial charge >= 0.3 is 0 Å². The van der Waals surface area contributed by atoms with E-state index in [1.165, 1.54) is 13.3 Å². The number of allylic oxidation sites excluding steroid dienone is 1. The molecule has 0 unspecified atom stereocenters. The third-order valence-electron chi connectivity index (χ3n) is 4.11. The highest BCUT2D eigenvalue weighted by molar-refractivity contribution is 6.30. The van der Waals surface area contributed by atoms with Crippen molar-refractivity contribution in [3.63, 3.8) is 0 Å². The number of fused-ring (bicyclic) bond motifs is 1. The SMILES string of the molecule is CC(=O)Nc1cccc(C2=C[C@@H](c3ccc(Cl)cc3)n3ncnc3N2)c1. The molecule has 3 aromatic rings. The first kappa shape index (κ1) is 16.4. The second-order valence-electron chi connectivity index (χ2n) is 5.99. The van der Waals surface area contributed by atoms with Gasteiger partial charge in [0.15, 0.2) is 0 Å². The minimum atomic E-state index is -0.106. The molecule has 2 N–H and O–H groups in total. The van der Waals surface area contributed by atoms with Gasteiger partial charge in [-0.15, -0.1) is 0 Å². The summed E-state index contributed by atoms with van der Waals surface area (Å²) in [5.74, 6) is 0.555. The Bertz CT molecular complexity index is 993. The van der Waals surface area contributed by atoms with E-state index in [9.17, 15) is 4.79 Å². The van der Waals surface area contributed by atoms with Crippen molar-refractivity contribution < 1.29 is 4.79 Å². The molecule has 6 nitrogen and oxygen atoms in total. The highest BCUT2D eigenvalue weighted by Gasteiger charge is 2.23. The van der Waals surface area contributed by atoms with Crippen molar-refractivity contribution in [2.45, 2.75) is 13.0 Å². The molecular formula is C19H16ClN5O. The number of halogens is 1. The highest BCUT2D eigenvalue weighted by atomic mass is 35.5. The quantitative estimate of drug-likeness (QED) is 0.737. The molecule has 1 amide bonds. The van der Waals surface area contributed by atoms with E-state index in [2.05, 4.69) is 26.8 Å². The Morgan fingerprint density at radius 1 is 1.23 bits per heavy atom. The van der Waals surface area contributed by atoms with Crippen molar-refractivity contribution in [2.24, 2.45) is 0 Å². The summed E-state index contributed by atoms with van der Waals surface area (Å²) in [4.78, 5) is 15.6. The summed E-state index contributed by atoms with van der Waals surface area (Å²) in [6.45, 7) is 1.49. The lowest BCUT2D eigenvalue weighted by Gasteiger charge is -2.24. The molecule has 0 radical (unpaired) electrons. The summed E-state index contributed by atoms with van der Waals surface area (Å²) in [5.41, 5.74) is 3.65. The second-order valence-corrected chi connectivity index (χ2v) is 6.43. The Kier molecular flexibility index (Phi) is 4.18. The average molecular weight is 366 g/mol. The Hall–Kier alpha value is -3.12. The number of carbonyl (C=O) groups is 1. The molecule has 1 atom stereocenters. The van der Waals surface area contributed by atoms with Gasteiger partial charge in [0, 0.05) is 23.3 Å². The third kappa shape index (κ3) is 3.19.